The summed E-state index contributed by atoms with van der Waals surface area (Å²) in [4.78, 5) is 18.0. The number of amides is 1. The van der Waals surface area contributed by atoms with E-state index < -0.39 is 23.6 Å². The van der Waals surface area contributed by atoms with Crippen LogP contribution in [0.5, 0.6) is 0 Å². The molecule has 0 aliphatic carbocycles. The van der Waals surface area contributed by atoms with Gasteiger partial charge in [0.05, 0.1) is 5.56 Å². The molecule has 29 heavy (non-hydrogen) atoms. The molecule has 5 nitrogen and oxygen atoms in total. The molecule has 1 atom stereocenters. The van der Waals surface area contributed by atoms with Gasteiger partial charge in [0.2, 0.25) is 17.6 Å². The minimum atomic E-state index is -4.48. The number of benzene rings is 2. The molecular weight excluding hydrogens is 390 g/mol. The lowest BCUT2D eigenvalue weighted by atomic mass is 10.1. The zero-order chi connectivity index (χ0) is 20.6. The van der Waals surface area contributed by atoms with Crippen LogP contribution in [-0.4, -0.2) is 20.9 Å². The van der Waals surface area contributed by atoms with E-state index in [1.807, 2.05) is 0 Å². The van der Waals surface area contributed by atoms with Crippen LogP contribution in [0.3, 0.4) is 0 Å². The third-order valence-electron chi connectivity index (χ3n) is 4.75. The van der Waals surface area contributed by atoms with E-state index in [0.29, 0.717) is 12.0 Å². The molecule has 1 saturated heterocycles. The van der Waals surface area contributed by atoms with Gasteiger partial charge in [-0.2, -0.15) is 18.2 Å². The third kappa shape index (κ3) is 3.98. The Morgan fingerprint density at radius 2 is 1.93 bits per heavy atom. The molecule has 1 amide bonds. The lowest BCUT2D eigenvalue weighted by molar-refractivity contribution is -0.137. The molecule has 1 unspecified atom stereocenters. The Balaban J connectivity index is 1.59. The maximum Gasteiger partial charge on any atom is 0.416 e. The second kappa shape index (κ2) is 7.31. The fourth-order valence-electron chi connectivity index (χ4n) is 3.34. The van der Waals surface area contributed by atoms with E-state index in [1.54, 1.807) is 12.1 Å². The number of rotatable bonds is 4. The minimum Gasteiger partial charge on any atom is -0.337 e. The van der Waals surface area contributed by atoms with E-state index >= 15 is 0 Å². The average Bonchev–Trinajstić information content (AvgIpc) is 3.29. The van der Waals surface area contributed by atoms with E-state index in [1.165, 1.54) is 29.2 Å². The molecule has 0 saturated carbocycles. The highest BCUT2D eigenvalue weighted by atomic mass is 19.4. The van der Waals surface area contributed by atoms with Crippen molar-refractivity contribution in [1.82, 2.24) is 15.0 Å². The molecular formula is C20H15F4N3O2. The van der Waals surface area contributed by atoms with Gasteiger partial charge in [0.15, 0.2) is 0 Å². The predicted molar refractivity (Wildman–Crippen MR) is 93.7 cm³/mol. The monoisotopic (exact) mass is 405 g/mol. The van der Waals surface area contributed by atoms with Crippen LogP contribution < -0.4 is 0 Å². The number of halogens is 4. The van der Waals surface area contributed by atoms with Crippen molar-refractivity contribution < 1.29 is 26.9 Å². The molecule has 1 aliphatic rings. The Hall–Kier alpha value is -3.23. The highest BCUT2D eigenvalue weighted by Crippen LogP contribution is 2.35. The quantitative estimate of drug-likeness (QED) is 0.588. The van der Waals surface area contributed by atoms with E-state index in [4.69, 9.17) is 4.52 Å². The summed E-state index contributed by atoms with van der Waals surface area (Å²) < 4.78 is 57.5. The molecule has 1 aromatic heterocycles. The maximum absolute atomic E-state index is 13.4. The zero-order valence-corrected chi connectivity index (χ0v) is 15.0. The first kappa shape index (κ1) is 19.1. The topological polar surface area (TPSA) is 59.2 Å². The van der Waals surface area contributed by atoms with Crippen molar-refractivity contribution in [1.29, 1.82) is 0 Å². The molecule has 2 heterocycles. The van der Waals surface area contributed by atoms with Gasteiger partial charge in [-0.25, -0.2) is 4.39 Å². The summed E-state index contributed by atoms with van der Waals surface area (Å²) >= 11 is 0. The van der Waals surface area contributed by atoms with E-state index in [-0.39, 0.29) is 36.2 Å². The summed E-state index contributed by atoms with van der Waals surface area (Å²) in [5.41, 5.74) is -0.0381. The van der Waals surface area contributed by atoms with Gasteiger partial charge in [-0.1, -0.05) is 29.4 Å². The predicted octanol–water partition coefficient (Wildman–Crippen LogP) is 4.76. The number of carbonyl (C=O) groups is 1. The number of likely N-dealkylation sites (tertiary alicyclic amines) is 1. The molecule has 9 heteroatoms. The standard InChI is InChI=1S/C20H15F4N3O2/c21-15-6-1-3-12(9-15)11-27-16(7-8-17(27)28)19-25-18(26-29-19)13-4-2-5-14(10-13)20(22,23)24/h1-6,9-10,16H,7-8,11H2. The lowest BCUT2D eigenvalue weighted by Crippen LogP contribution is -2.27. The summed E-state index contributed by atoms with van der Waals surface area (Å²) in [7, 11) is 0. The molecule has 1 fully saturated rings. The second-order valence-corrected chi connectivity index (χ2v) is 6.74. The van der Waals surface area contributed by atoms with Crippen molar-refractivity contribution in [2.24, 2.45) is 0 Å². The van der Waals surface area contributed by atoms with Crippen molar-refractivity contribution in [3.05, 3.63) is 71.4 Å². The molecule has 0 spiro atoms. The SMILES string of the molecule is O=C1CCC(c2nc(-c3cccc(C(F)(F)F)c3)no2)N1Cc1cccc(F)c1. The number of nitrogens with zero attached hydrogens (tertiary/aromatic N) is 3. The molecule has 150 valence electrons. The molecule has 4 rings (SSSR count). The molecule has 1 aliphatic heterocycles. The summed E-state index contributed by atoms with van der Waals surface area (Å²) in [6.07, 6.45) is -3.79. The van der Waals surface area contributed by atoms with Gasteiger partial charge < -0.3 is 9.42 Å². The Morgan fingerprint density at radius 1 is 1.14 bits per heavy atom. The molecule has 0 radical (unpaired) electrons. The van der Waals surface area contributed by atoms with Crippen LogP contribution in [0, 0.1) is 5.82 Å². The third-order valence-corrected chi connectivity index (χ3v) is 4.75. The van der Waals surface area contributed by atoms with Crippen LogP contribution in [0.2, 0.25) is 0 Å². The fraction of sp³-hybridized carbons (Fsp3) is 0.250. The average molecular weight is 405 g/mol. The first-order chi connectivity index (χ1) is 13.8. The van der Waals surface area contributed by atoms with Gasteiger partial charge in [-0.15, -0.1) is 0 Å². The van der Waals surface area contributed by atoms with E-state index in [9.17, 15) is 22.4 Å². The fourth-order valence-corrected chi connectivity index (χ4v) is 3.34. The van der Waals surface area contributed by atoms with Gasteiger partial charge in [0, 0.05) is 18.5 Å². The lowest BCUT2D eigenvalue weighted by Gasteiger charge is -2.22. The molecule has 3 aromatic rings. The van der Waals surface area contributed by atoms with Gasteiger partial charge in [-0.05, 0) is 36.2 Å². The van der Waals surface area contributed by atoms with Crippen LogP contribution in [0.15, 0.2) is 53.1 Å². The zero-order valence-electron chi connectivity index (χ0n) is 15.0. The van der Waals surface area contributed by atoms with Crippen molar-refractivity contribution in [3.63, 3.8) is 0 Å². The molecule has 2 aromatic carbocycles. The normalized spacial score (nSPS) is 17.2. The van der Waals surface area contributed by atoms with Crippen LogP contribution >= 0.6 is 0 Å². The molecule has 0 bridgehead atoms. The largest absolute Gasteiger partial charge is 0.416 e. The summed E-state index contributed by atoms with van der Waals surface area (Å²) in [6, 6.07) is 10.0. The van der Waals surface area contributed by atoms with E-state index in [0.717, 1.165) is 12.1 Å². The number of hydrogen-bond donors (Lipinski definition) is 0. The van der Waals surface area contributed by atoms with Gasteiger partial charge >= 0.3 is 6.18 Å². The van der Waals surface area contributed by atoms with Crippen molar-refractivity contribution in [2.45, 2.75) is 31.6 Å². The maximum atomic E-state index is 13.4. The van der Waals surface area contributed by atoms with Gasteiger partial charge in [0.1, 0.15) is 11.9 Å². The highest BCUT2D eigenvalue weighted by molar-refractivity contribution is 5.78. The Labute approximate surface area is 162 Å². The van der Waals surface area contributed by atoms with Gasteiger partial charge in [0.25, 0.3) is 0 Å². The highest BCUT2D eigenvalue weighted by Gasteiger charge is 2.36. The van der Waals surface area contributed by atoms with Crippen molar-refractivity contribution in [2.75, 3.05) is 0 Å². The number of carbonyl (C=O) groups excluding carboxylic acids is 1. The summed E-state index contributed by atoms with van der Waals surface area (Å²) in [6.45, 7) is 0.169. The number of hydrogen-bond acceptors (Lipinski definition) is 4. The smallest absolute Gasteiger partial charge is 0.337 e. The molecule has 0 N–H and O–H groups in total. The van der Waals surface area contributed by atoms with Crippen molar-refractivity contribution in [3.8, 4) is 11.4 Å². The first-order valence-electron chi connectivity index (χ1n) is 8.86. The second-order valence-electron chi connectivity index (χ2n) is 6.74. The first-order valence-corrected chi connectivity index (χ1v) is 8.86. The van der Waals surface area contributed by atoms with Crippen LogP contribution in [0.1, 0.15) is 35.9 Å². The number of alkyl halides is 3. The number of aromatic nitrogens is 2. The van der Waals surface area contributed by atoms with Crippen LogP contribution in [0.25, 0.3) is 11.4 Å². The van der Waals surface area contributed by atoms with E-state index in [2.05, 4.69) is 10.1 Å². The Morgan fingerprint density at radius 3 is 2.69 bits per heavy atom. The summed E-state index contributed by atoms with van der Waals surface area (Å²) in [5, 5.41) is 3.78. The van der Waals surface area contributed by atoms with Crippen molar-refractivity contribution >= 4 is 5.91 Å². The minimum absolute atomic E-state index is 0.0103. The Bertz CT molecular complexity index is 1050. The Kier molecular flexibility index (Phi) is 4.81. The van der Waals surface area contributed by atoms with Crippen LogP contribution in [0.4, 0.5) is 17.6 Å². The van der Waals surface area contributed by atoms with Crippen LogP contribution in [-0.2, 0) is 17.5 Å². The summed E-state index contributed by atoms with van der Waals surface area (Å²) in [5.74, 6) is -0.399. The van der Waals surface area contributed by atoms with Gasteiger partial charge in [-0.3, -0.25) is 4.79 Å².